The van der Waals surface area contributed by atoms with Gasteiger partial charge in [-0.25, -0.2) is 0 Å². The van der Waals surface area contributed by atoms with E-state index in [1.807, 2.05) is 39.3 Å². The zero-order valence-corrected chi connectivity index (χ0v) is 19.3. The maximum atomic E-state index is 13.5. The summed E-state index contributed by atoms with van der Waals surface area (Å²) in [6.07, 6.45) is 6.32. The zero-order chi connectivity index (χ0) is 22.6. The maximum Gasteiger partial charge on any atom is 0.229 e. The van der Waals surface area contributed by atoms with Crippen molar-refractivity contribution < 1.29 is 4.79 Å². The van der Waals surface area contributed by atoms with Gasteiger partial charge in [0.05, 0.1) is 11.1 Å². The average Bonchev–Trinajstić information content (AvgIpc) is 2.79. The summed E-state index contributed by atoms with van der Waals surface area (Å²) in [5, 5.41) is 0. The van der Waals surface area contributed by atoms with E-state index in [2.05, 4.69) is 57.3 Å². The van der Waals surface area contributed by atoms with Gasteiger partial charge in [0.25, 0.3) is 0 Å². The summed E-state index contributed by atoms with van der Waals surface area (Å²) in [5.41, 5.74) is 5.09. The molecule has 3 aromatic rings. The molecule has 5 nitrogen and oxygen atoms in total. The van der Waals surface area contributed by atoms with E-state index < -0.39 is 5.41 Å². The number of aromatic nitrogens is 2. The minimum Gasteiger partial charge on any atom is -0.348 e. The van der Waals surface area contributed by atoms with Crippen molar-refractivity contribution in [3.63, 3.8) is 0 Å². The number of benzene rings is 1. The van der Waals surface area contributed by atoms with Gasteiger partial charge in [-0.2, -0.15) is 0 Å². The molecular weight excluding hydrogens is 396 g/mol. The number of amides is 1. The van der Waals surface area contributed by atoms with Gasteiger partial charge in [0.2, 0.25) is 5.91 Å². The molecule has 0 spiro atoms. The van der Waals surface area contributed by atoms with Crippen molar-refractivity contribution in [2.45, 2.75) is 32.7 Å². The number of hydrogen-bond donors (Lipinski definition) is 0. The summed E-state index contributed by atoms with van der Waals surface area (Å²) in [6, 6.07) is 18.7. The van der Waals surface area contributed by atoms with Crippen LogP contribution in [0.1, 0.15) is 29.8 Å². The monoisotopic (exact) mass is 428 g/mol. The summed E-state index contributed by atoms with van der Waals surface area (Å²) < 4.78 is 0. The van der Waals surface area contributed by atoms with E-state index in [1.165, 1.54) is 5.56 Å². The van der Waals surface area contributed by atoms with Gasteiger partial charge in [-0.15, -0.1) is 0 Å². The van der Waals surface area contributed by atoms with E-state index in [9.17, 15) is 4.79 Å². The summed E-state index contributed by atoms with van der Waals surface area (Å²) in [7, 11) is 3.74. The Bertz CT molecular complexity index is 1070. The highest BCUT2D eigenvalue weighted by atomic mass is 16.2. The fourth-order valence-electron chi connectivity index (χ4n) is 4.93. The quantitative estimate of drug-likeness (QED) is 0.585. The molecule has 0 N–H and O–H groups in total. The Hall–Kier alpha value is -3.05. The SMILES string of the molecule is Cc1cccc(CN2CCC[C@@](Cc3cccc(-c4cccnc4)c3)(C(=O)N(C)C)C2)n1. The number of piperidine rings is 1. The second-order valence-corrected chi connectivity index (χ2v) is 9.18. The molecule has 1 atom stereocenters. The highest BCUT2D eigenvalue weighted by Crippen LogP contribution is 2.36. The second kappa shape index (κ2) is 9.61. The smallest absolute Gasteiger partial charge is 0.229 e. The van der Waals surface area contributed by atoms with Crippen molar-refractivity contribution in [2.75, 3.05) is 27.2 Å². The van der Waals surface area contributed by atoms with Gasteiger partial charge in [0.15, 0.2) is 0 Å². The van der Waals surface area contributed by atoms with Crippen LogP contribution in [0.15, 0.2) is 67.0 Å². The normalized spacial score (nSPS) is 19.0. The lowest BCUT2D eigenvalue weighted by molar-refractivity contribution is -0.143. The largest absolute Gasteiger partial charge is 0.348 e. The van der Waals surface area contributed by atoms with E-state index in [0.29, 0.717) is 0 Å². The van der Waals surface area contributed by atoms with Crippen LogP contribution in [0.4, 0.5) is 0 Å². The zero-order valence-electron chi connectivity index (χ0n) is 19.3. The van der Waals surface area contributed by atoms with Crippen LogP contribution in [0, 0.1) is 12.3 Å². The van der Waals surface area contributed by atoms with Crippen molar-refractivity contribution in [2.24, 2.45) is 5.41 Å². The average molecular weight is 429 g/mol. The van der Waals surface area contributed by atoms with E-state index in [1.54, 1.807) is 11.1 Å². The summed E-state index contributed by atoms with van der Waals surface area (Å²) in [5.74, 6) is 0.214. The summed E-state index contributed by atoms with van der Waals surface area (Å²) >= 11 is 0. The molecule has 1 aromatic carbocycles. The first-order valence-electron chi connectivity index (χ1n) is 11.3. The van der Waals surface area contributed by atoms with Gasteiger partial charge in [0, 0.05) is 45.3 Å². The first-order chi connectivity index (χ1) is 15.4. The molecule has 2 aromatic heterocycles. The lowest BCUT2D eigenvalue weighted by atomic mass is 9.73. The van der Waals surface area contributed by atoms with Crippen LogP contribution >= 0.6 is 0 Å². The number of hydrogen-bond acceptors (Lipinski definition) is 4. The Kier molecular flexibility index (Phi) is 6.66. The van der Waals surface area contributed by atoms with Gasteiger partial charge in [0.1, 0.15) is 0 Å². The number of pyridine rings is 2. The molecule has 3 heterocycles. The predicted molar refractivity (Wildman–Crippen MR) is 128 cm³/mol. The maximum absolute atomic E-state index is 13.5. The molecule has 0 unspecified atom stereocenters. The number of aryl methyl sites for hydroxylation is 1. The lowest BCUT2D eigenvalue weighted by Gasteiger charge is -2.43. The first-order valence-corrected chi connectivity index (χ1v) is 11.3. The van der Waals surface area contributed by atoms with Crippen LogP contribution in [-0.4, -0.2) is 52.9 Å². The Labute approximate surface area is 191 Å². The molecule has 1 fully saturated rings. The highest BCUT2D eigenvalue weighted by molar-refractivity contribution is 5.83. The van der Waals surface area contributed by atoms with Crippen LogP contribution in [0.3, 0.4) is 0 Å². The summed E-state index contributed by atoms with van der Waals surface area (Å²) in [6.45, 7) is 4.54. The van der Waals surface area contributed by atoms with E-state index in [-0.39, 0.29) is 5.91 Å². The van der Waals surface area contributed by atoms with Crippen LogP contribution in [0.2, 0.25) is 0 Å². The number of carbonyl (C=O) groups is 1. The van der Waals surface area contributed by atoms with Gasteiger partial charge < -0.3 is 4.90 Å². The molecule has 0 radical (unpaired) electrons. The Balaban J connectivity index is 1.60. The number of nitrogens with zero attached hydrogens (tertiary/aromatic N) is 4. The number of likely N-dealkylation sites (tertiary alicyclic amines) is 1. The van der Waals surface area contributed by atoms with Crippen molar-refractivity contribution in [1.29, 1.82) is 0 Å². The van der Waals surface area contributed by atoms with Crippen molar-refractivity contribution in [3.8, 4) is 11.1 Å². The molecule has 0 aliphatic carbocycles. The summed E-state index contributed by atoms with van der Waals surface area (Å²) in [4.78, 5) is 26.6. The number of carbonyl (C=O) groups excluding carboxylic acids is 1. The predicted octanol–water partition coefficient (Wildman–Crippen LogP) is 4.37. The third kappa shape index (κ3) is 5.05. The molecule has 0 saturated carbocycles. The standard InChI is InChI=1S/C27H32N4O/c1-21-8-4-12-25(29-21)19-31-15-7-13-27(20-31,26(32)30(2)3)17-22-9-5-10-23(16-22)24-11-6-14-28-18-24/h4-6,8-12,14,16,18H,7,13,15,17,19-20H2,1-3H3/t27-/m0/s1. The van der Waals surface area contributed by atoms with E-state index >= 15 is 0 Å². The molecule has 1 aliphatic heterocycles. The molecular formula is C27H32N4O. The van der Waals surface area contributed by atoms with Gasteiger partial charge >= 0.3 is 0 Å². The van der Waals surface area contributed by atoms with Gasteiger partial charge in [-0.1, -0.05) is 36.4 Å². The fraction of sp³-hybridized carbons (Fsp3) is 0.370. The molecule has 32 heavy (non-hydrogen) atoms. The Morgan fingerprint density at radius 3 is 2.66 bits per heavy atom. The molecule has 0 bridgehead atoms. The minimum absolute atomic E-state index is 0.214. The van der Waals surface area contributed by atoms with Crippen LogP contribution in [-0.2, 0) is 17.8 Å². The second-order valence-electron chi connectivity index (χ2n) is 9.18. The third-order valence-electron chi connectivity index (χ3n) is 6.31. The topological polar surface area (TPSA) is 49.3 Å². The lowest BCUT2D eigenvalue weighted by Crippen LogP contribution is -2.52. The van der Waals surface area contributed by atoms with Crippen LogP contribution in [0.25, 0.3) is 11.1 Å². The van der Waals surface area contributed by atoms with E-state index in [0.717, 1.165) is 61.4 Å². The molecule has 166 valence electrons. The third-order valence-corrected chi connectivity index (χ3v) is 6.31. The fourth-order valence-corrected chi connectivity index (χ4v) is 4.93. The van der Waals surface area contributed by atoms with Gasteiger partial charge in [-0.3, -0.25) is 19.7 Å². The molecule has 5 heteroatoms. The van der Waals surface area contributed by atoms with Crippen LogP contribution in [0.5, 0.6) is 0 Å². The van der Waals surface area contributed by atoms with E-state index in [4.69, 9.17) is 0 Å². The Morgan fingerprint density at radius 1 is 1.09 bits per heavy atom. The minimum atomic E-state index is -0.431. The number of rotatable bonds is 6. The highest BCUT2D eigenvalue weighted by Gasteiger charge is 2.43. The molecule has 1 amide bonds. The van der Waals surface area contributed by atoms with Crippen molar-refractivity contribution >= 4 is 5.91 Å². The van der Waals surface area contributed by atoms with Crippen LogP contribution < -0.4 is 0 Å². The molecule has 1 aliphatic rings. The van der Waals surface area contributed by atoms with Crippen molar-refractivity contribution in [1.82, 2.24) is 19.8 Å². The molecule has 1 saturated heterocycles. The Morgan fingerprint density at radius 2 is 1.91 bits per heavy atom. The first kappa shape index (κ1) is 22.2. The van der Waals surface area contributed by atoms with Crippen molar-refractivity contribution in [3.05, 3.63) is 83.9 Å². The van der Waals surface area contributed by atoms with Gasteiger partial charge in [-0.05, 0) is 67.6 Å². The molecule has 4 rings (SSSR count).